The van der Waals surface area contributed by atoms with E-state index in [0.29, 0.717) is 25.1 Å². The predicted molar refractivity (Wildman–Crippen MR) is 105 cm³/mol. The van der Waals surface area contributed by atoms with Gasteiger partial charge in [0, 0.05) is 44.0 Å². The quantitative estimate of drug-likeness (QED) is 0.513. The third-order valence-electron chi connectivity index (χ3n) is 4.28. The molecule has 2 rings (SSSR count). The summed E-state index contributed by atoms with van der Waals surface area (Å²) in [6, 6.07) is 4.37. The zero-order valence-corrected chi connectivity index (χ0v) is 16.3. The first-order chi connectivity index (χ1) is 12.7. The molecule has 1 saturated heterocycles. The van der Waals surface area contributed by atoms with Crippen LogP contribution in [0.15, 0.2) is 23.3 Å². The van der Waals surface area contributed by atoms with Crippen LogP contribution in [-0.4, -0.2) is 67.9 Å². The normalized spacial score (nSPS) is 17.0. The van der Waals surface area contributed by atoms with E-state index in [4.69, 9.17) is 14.5 Å². The van der Waals surface area contributed by atoms with Gasteiger partial charge >= 0.3 is 0 Å². The zero-order chi connectivity index (χ0) is 18.6. The number of pyridine rings is 1. The van der Waals surface area contributed by atoms with Gasteiger partial charge in [-0.1, -0.05) is 13.0 Å². The number of hydrogen-bond acceptors (Lipinski definition) is 5. The van der Waals surface area contributed by atoms with E-state index >= 15 is 0 Å². The Morgan fingerprint density at radius 3 is 2.88 bits per heavy atom. The average Bonchev–Trinajstić information content (AvgIpc) is 2.69. The van der Waals surface area contributed by atoms with Crippen molar-refractivity contribution in [3.8, 4) is 5.88 Å². The highest BCUT2D eigenvalue weighted by Gasteiger charge is 2.17. The van der Waals surface area contributed by atoms with Gasteiger partial charge in [-0.15, -0.1) is 0 Å². The Hall–Kier alpha value is -1.86. The SMILES string of the molecule is CCCOc1ncccc1CN=C(NCC)NCC(C)N1CCOCC1. The molecule has 146 valence electrons. The molecule has 1 fully saturated rings. The first-order valence-electron chi connectivity index (χ1n) is 9.65. The van der Waals surface area contributed by atoms with Gasteiger partial charge in [0.05, 0.1) is 26.4 Å². The van der Waals surface area contributed by atoms with Crippen molar-refractivity contribution in [3.63, 3.8) is 0 Å². The maximum absolute atomic E-state index is 5.72. The van der Waals surface area contributed by atoms with Gasteiger partial charge in [0.25, 0.3) is 0 Å². The Kier molecular flexibility index (Phi) is 9.20. The van der Waals surface area contributed by atoms with Crippen molar-refractivity contribution in [2.75, 3.05) is 46.0 Å². The van der Waals surface area contributed by atoms with Gasteiger partial charge < -0.3 is 20.1 Å². The fraction of sp³-hybridized carbons (Fsp3) is 0.684. The Labute approximate surface area is 157 Å². The number of nitrogens with one attached hydrogen (secondary N) is 2. The number of nitrogens with zero attached hydrogens (tertiary/aromatic N) is 3. The molecule has 1 unspecified atom stereocenters. The Bertz CT molecular complexity index is 546. The second kappa shape index (κ2) is 11.7. The lowest BCUT2D eigenvalue weighted by Gasteiger charge is -2.32. The molecule has 1 atom stereocenters. The number of rotatable bonds is 9. The van der Waals surface area contributed by atoms with E-state index in [-0.39, 0.29) is 0 Å². The average molecular weight is 364 g/mol. The smallest absolute Gasteiger partial charge is 0.218 e. The second-order valence-corrected chi connectivity index (χ2v) is 6.39. The van der Waals surface area contributed by atoms with E-state index < -0.39 is 0 Å². The fourth-order valence-electron chi connectivity index (χ4n) is 2.77. The van der Waals surface area contributed by atoms with Gasteiger partial charge in [-0.3, -0.25) is 4.90 Å². The van der Waals surface area contributed by atoms with Crippen LogP contribution in [0, 0.1) is 0 Å². The molecule has 0 aromatic carbocycles. The molecule has 7 heteroatoms. The molecular weight excluding hydrogens is 330 g/mol. The highest BCUT2D eigenvalue weighted by molar-refractivity contribution is 5.79. The Morgan fingerprint density at radius 1 is 1.35 bits per heavy atom. The molecule has 2 N–H and O–H groups in total. The molecular formula is C19H33N5O2. The third-order valence-corrected chi connectivity index (χ3v) is 4.28. The van der Waals surface area contributed by atoms with Gasteiger partial charge in [-0.25, -0.2) is 9.98 Å². The summed E-state index contributed by atoms with van der Waals surface area (Å²) in [4.78, 5) is 11.5. The molecule has 1 aliphatic heterocycles. The highest BCUT2D eigenvalue weighted by atomic mass is 16.5. The maximum atomic E-state index is 5.72. The lowest BCUT2D eigenvalue weighted by Crippen LogP contribution is -2.49. The van der Waals surface area contributed by atoms with Crippen LogP contribution in [0.25, 0.3) is 0 Å². The van der Waals surface area contributed by atoms with Crippen LogP contribution in [0.2, 0.25) is 0 Å². The van der Waals surface area contributed by atoms with Gasteiger partial charge in [0.2, 0.25) is 5.88 Å². The van der Waals surface area contributed by atoms with Crippen molar-refractivity contribution in [1.82, 2.24) is 20.5 Å². The minimum Gasteiger partial charge on any atom is -0.477 e. The number of guanidine groups is 1. The molecule has 0 amide bonds. The van der Waals surface area contributed by atoms with E-state index in [1.54, 1.807) is 6.20 Å². The van der Waals surface area contributed by atoms with Crippen LogP contribution >= 0.6 is 0 Å². The monoisotopic (exact) mass is 363 g/mol. The summed E-state index contributed by atoms with van der Waals surface area (Å²) in [5.41, 5.74) is 0.999. The Balaban J connectivity index is 1.91. The molecule has 1 aromatic heterocycles. The number of morpholine rings is 1. The summed E-state index contributed by atoms with van der Waals surface area (Å²) in [6.45, 7) is 12.9. The van der Waals surface area contributed by atoms with Crippen LogP contribution in [-0.2, 0) is 11.3 Å². The number of aliphatic imine (C=N–C) groups is 1. The number of aromatic nitrogens is 1. The molecule has 0 bridgehead atoms. The minimum absolute atomic E-state index is 0.435. The number of ether oxygens (including phenoxy) is 2. The molecule has 1 aromatic rings. The van der Waals surface area contributed by atoms with Crippen molar-refractivity contribution in [2.45, 2.75) is 39.8 Å². The van der Waals surface area contributed by atoms with Crippen LogP contribution in [0.4, 0.5) is 0 Å². The standard InChI is InChI=1S/C19H33N5O2/c1-4-11-26-18-17(7-6-8-21-18)15-23-19(20-5-2)22-14-16(3)24-9-12-25-13-10-24/h6-8,16H,4-5,9-15H2,1-3H3,(H2,20,22,23). The lowest BCUT2D eigenvalue weighted by atomic mass is 10.2. The van der Waals surface area contributed by atoms with Crippen molar-refractivity contribution in [2.24, 2.45) is 4.99 Å². The first-order valence-corrected chi connectivity index (χ1v) is 9.65. The molecule has 0 saturated carbocycles. The zero-order valence-electron chi connectivity index (χ0n) is 16.3. The minimum atomic E-state index is 0.435. The van der Waals surface area contributed by atoms with Crippen molar-refractivity contribution < 1.29 is 9.47 Å². The fourth-order valence-corrected chi connectivity index (χ4v) is 2.77. The van der Waals surface area contributed by atoms with Crippen LogP contribution < -0.4 is 15.4 Å². The van der Waals surface area contributed by atoms with Crippen molar-refractivity contribution >= 4 is 5.96 Å². The predicted octanol–water partition coefficient (Wildman–Crippen LogP) is 1.65. The maximum Gasteiger partial charge on any atom is 0.218 e. The van der Waals surface area contributed by atoms with E-state index in [9.17, 15) is 0 Å². The molecule has 26 heavy (non-hydrogen) atoms. The molecule has 1 aliphatic rings. The summed E-state index contributed by atoms with van der Waals surface area (Å²) < 4.78 is 11.1. The van der Waals surface area contributed by atoms with Crippen LogP contribution in [0.5, 0.6) is 5.88 Å². The van der Waals surface area contributed by atoms with E-state index in [0.717, 1.165) is 57.3 Å². The Morgan fingerprint density at radius 2 is 2.15 bits per heavy atom. The van der Waals surface area contributed by atoms with Gasteiger partial charge in [-0.2, -0.15) is 0 Å². The van der Waals surface area contributed by atoms with Crippen molar-refractivity contribution in [1.29, 1.82) is 0 Å². The summed E-state index contributed by atoms with van der Waals surface area (Å²) in [5, 5.41) is 6.75. The van der Waals surface area contributed by atoms with Gasteiger partial charge in [-0.05, 0) is 26.3 Å². The van der Waals surface area contributed by atoms with Crippen LogP contribution in [0.3, 0.4) is 0 Å². The van der Waals surface area contributed by atoms with E-state index in [1.165, 1.54) is 0 Å². The topological polar surface area (TPSA) is 71.0 Å². The van der Waals surface area contributed by atoms with Crippen molar-refractivity contribution in [3.05, 3.63) is 23.9 Å². The summed E-state index contributed by atoms with van der Waals surface area (Å²) in [6.07, 6.45) is 2.72. The molecule has 7 nitrogen and oxygen atoms in total. The molecule has 2 heterocycles. The van der Waals surface area contributed by atoms with Crippen LogP contribution in [0.1, 0.15) is 32.8 Å². The van der Waals surface area contributed by atoms with E-state index in [1.807, 2.05) is 12.1 Å². The molecule has 0 radical (unpaired) electrons. The molecule has 0 spiro atoms. The highest BCUT2D eigenvalue weighted by Crippen LogP contribution is 2.15. The number of hydrogen-bond donors (Lipinski definition) is 2. The molecule has 0 aliphatic carbocycles. The summed E-state index contributed by atoms with van der Waals surface area (Å²) in [5.74, 6) is 1.49. The first kappa shape index (κ1) is 20.5. The second-order valence-electron chi connectivity index (χ2n) is 6.39. The largest absolute Gasteiger partial charge is 0.477 e. The van der Waals surface area contributed by atoms with E-state index in [2.05, 4.69) is 41.3 Å². The van der Waals surface area contributed by atoms with Gasteiger partial charge in [0.15, 0.2) is 5.96 Å². The summed E-state index contributed by atoms with van der Waals surface area (Å²) >= 11 is 0. The van der Waals surface area contributed by atoms with Gasteiger partial charge in [0.1, 0.15) is 0 Å². The summed E-state index contributed by atoms with van der Waals surface area (Å²) in [7, 11) is 0. The third kappa shape index (κ3) is 6.80. The lowest BCUT2D eigenvalue weighted by molar-refractivity contribution is 0.0211.